The molecule has 4 aliphatic rings. The standard InChI is InChI=1S/C29H48O3/c1-18(2)8-7-9-19(3)26-23(27(31)32-6)17-25-22-11-10-20-16-21(30)12-14-28(20,4)24(22)13-15-29(25,26)5/h10,18-19,21-26,30H,7-9,11-17H2,1-6H3/t19-,21+,22-,23?,24+,25+,26+,28+,29+/m1/s1. The summed E-state index contributed by atoms with van der Waals surface area (Å²) in [6.07, 6.45) is 13.8. The van der Waals surface area contributed by atoms with Crippen molar-refractivity contribution >= 4 is 5.97 Å². The van der Waals surface area contributed by atoms with E-state index in [-0.39, 0.29) is 28.8 Å². The van der Waals surface area contributed by atoms with E-state index in [1.54, 1.807) is 7.11 Å². The van der Waals surface area contributed by atoms with E-state index in [1.807, 2.05) is 0 Å². The maximum absolute atomic E-state index is 13.0. The Labute approximate surface area is 196 Å². The number of fused-ring (bicyclic) bond motifs is 5. The highest BCUT2D eigenvalue weighted by Gasteiger charge is 2.63. The van der Waals surface area contributed by atoms with Gasteiger partial charge in [0, 0.05) is 0 Å². The summed E-state index contributed by atoms with van der Waals surface area (Å²) in [6, 6.07) is 0. The number of esters is 1. The van der Waals surface area contributed by atoms with Gasteiger partial charge in [0.25, 0.3) is 0 Å². The second-order valence-electron chi connectivity index (χ2n) is 12.9. The van der Waals surface area contributed by atoms with E-state index in [0.29, 0.717) is 29.6 Å². The summed E-state index contributed by atoms with van der Waals surface area (Å²) >= 11 is 0. The topological polar surface area (TPSA) is 46.5 Å². The summed E-state index contributed by atoms with van der Waals surface area (Å²) in [6.45, 7) is 12.1. The lowest BCUT2D eigenvalue weighted by Crippen LogP contribution is -2.51. The van der Waals surface area contributed by atoms with Gasteiger partial charge in [-0.05, 0) is 91.3 Å². The fraction of sp³-hybridized carbons (Fsp3) is 0.897. The lowest BCUT2D eigenvalue weighted by Gasteiger charge is -2.58. The minimum Gasteiger partial charge on any atom is -0.469 e. The molecule has 0 heterocycles. The summed E-state index contributed by atoms with van der Waals surface area (Å²) in [4.78, 5) is 13.0. The molecule has 3 saturated carbocycles. The largest absolute Gasteiger partial charge is 0.469 e. The maximum Gasteiger partial charge on any atom is 0.308 e. The number of hydrogen-bond acceptors (Lipinski definition) is 3. The van der Waals surface area contributed by atoms with Crippen LogP contribution in [0.4, 0.5) is 0 Å². The molecule has 3 heteroatoms. The number of aliphatic hydroxyl groups is 1. The van der Waals surface area contributed by atoms with Crippen LogP contribution < -0.4 is 0 Å². The zero-order chi connectivity index (χ0) is 23.3. The molecule has 0 spiro atoms. The third kappa shape index (κ3) is 3.99. The normalized spacial score (nSPS) is 44.3. The van der Waals surface area contributed by atoms with Crippen LogP contribution in [0, 0.1) is 52.3 Å². The van der Waals surface area contributed by atoms with Gasteiger partial charge in [0.2, 0.25) is 0 Å². The van der Waals surface area contributed by atoms with Crippen LogP contribution in [0.2, 0.25) is 0 Å². The zero-order valence-corrected chi connectivity index (χ0v) is 21.5. The number of hydrogen-bond donors (Lipinski definition) is 1. The van der Waals surface area contributed by atoms with E-state index in [0.717, 1.165) is 38.0 Å². The molecule has 0 amide bonds. The van der Waals surface area contributed by atoms with Gasteiger partial charge in [-0.2, -0.15) is 0 Å². The van der Waals surface area contributed by atoms with E-state index < -0.39 is 0 Å². The number of allylic oxidation sites excluding steroid dienone is 1. The Balaban J connectivity index is 1.61. The fourth-order valence-electron chi connectivity index (χ4n) is 9.20. The number of carbonyl (C=O) groups excluding carboxylic acids is 1. The first kappa shape index (κ1) is 24.3. The molecule has 0 aromatic heterocycles. The monoisotopic (exact) mass is 444 g/mol. The molecule has 3 nitrogen and oxygen atoms in total. The smallest absolute Gasteiger partial charge is 0.308 e. The first-order chi connectivity index (χ1) is 15.1. The highest BCUT2D eigenvalue weighted by Crippen LogP contribution is 2.68. The predicted octanol–water partition coefficient (Wildman–Crippen LogP) is 6.79. The molecule has 0 aromatic carbocycles. The van der Waals surface area contributed by atoms with Gasteiger partial charge in [-0.15, -0.1) is 0 Å². The number of ether oxygens (including phenoxy) is 1. The van der Waals surface area contributed by atoms with Crippen LogP contribution in [0.1, 0.15) is 98.8 Å². The Kier molecular flexibility index (Phi) is 6.90. The Morgan fingerprint density at radius 3 is 2.59 bits per heavy atom. The number of methoxy groups -OCH3 is 1. The molecule has 32 heavy (non-hydrogen) atoms. The summed E-state index contributed by atoms with van der Waals surface area (Å²) in [5.74, 6) is 3.87. The van der Waals surface area contributed by atoms with Crippen molar-refractivity contribution in [1.82, 2.24) is 0 Å². The summed E-state index contributed by atoms with van der Waals surface area (Å²) in [5.41, 5.74) is 2.03. The molecule has 4 aliphatic carbocycles. The van der Waals surface area contributed by atoms with Crippen LogP contribution in [-0.2, 0) is 9.53 Å². The zero-order valence-electron chi connectivity index (χ0n) is 21.5. The highest BCUT2D eigenvalue weighted by molar-refractivity contribution is 5.73. The minimum absolute atomic E-state index is 0.0388. The molecule has 3 fully saturated rings. The number of carbonyl (C=O) groups is 1. The van der Waals surface area contributed by atoms with Crippen LogP contribution in [-0.4, -0.2) is 24.3 Å². The second kappa shape index (κ2) is 9.08. The molecule has 0 aromatic rings. The van der Waals surface area contributed by atoms with Crippen LogP contribution in [0.15, 0.2) is 11.6 Å². The minimum atomic E-state index is -0.147. The molecule has 1 N–H and O–H groups in total. The third-order valence-corrected chi connectivity index (χ3v) is 10.8. The van der Waals surface area contributed by atoms with Crippen molar-refractivity contribution < 1.29 is 14.6 Å². The van der Waals surface area contributed by atoms with Crippen molar-refractivity contribution in [3.63, 3.8) is 0 Å². The van der Waals surface area contributed by atoms with Crippen LogP contribution in [0.5, 0.6) is 0 Å². The number of aliphatic hydroxyl groups excluding tert-OH is 1. The van der Waals surface area contributed by atoms with Crippen molar-refractivity contribution in [2.24, 2.45) is 52.3 Å². The Hall–Kier alpha value is -0.830. The molecule has 4 rings (SSSR count). The average molecular weight is 445 g/mol. The maximum atomic E-state index is 13.0. The molecule has 1 unspecified atom stereocenters. The van der Waals surface area contributed by atoms with Gasteiger partial charge in [-0.1, -0.05) is 65.5 Å². The molecule has 0 aliphatic heterocycles. The fourth-order valence-corrected chi connectivity index (χ4v) is 9.20. The summed E-state index contributed by atoms with van der Waals surface area (Å²) in [5, 5.41) is 10.3. The van der Waals surface area contributed by atoms with Crippen LogP contribution in [0.3, 0.4) is 0 Å². The lowest BCUT2D eigenvalue weighted by atomic mass is 9.47. The number of rotatable bonds is 6. The van der Waals surface area contributed by atoms with Crippen molar-refractivity contribution in [1.29, 1.82) is 0 Å². The quantitative estimate of drug-likeness (QED) is 0.362. The van der Waals surface area contributed by atoms with Crippen molar-refractivity contribution in [2.75, 3.05) is 7.11 Å². The van der Waals surface area contributed by atoms with E-state index in [2.05, 4.69) is 40.7 Å². The van der Waals surface area contributed by atoms with Gasteiger partial charge in [-0.25, -0.2) is 0 Å². The highest BCUT2D eigenvalue weighted by atomic mass is 16.5. The third-order valence-electron chi connectivity index (χ3n) is 10.8. The van der Waals surface area contributed by atoms with Crippen molar-refractivity contribution in [3.8, 4) is 0 Å². The molecule has 0 bridgehead atoms. The van der Waals surface area contributed by atoms with Gasteiger partial charge in [0.15, 0.2) is 0 Å². The van der Waals surface area contributed by atoms with Gasteiger partial charge in [0.05, 0.1) is 19.1 Å². The molecule has 0 radical (unpaired) electrons. The van der Waals surface area contributed by atoms with Gasteiger partial charge in [-0.3, -0.25) is 4.79 Å². The average Bonchev–Trinajstić information content (AvgIpc) is 3.06. The molecule has 9 atom stereocenters. The van der Waals surface area contributed by atoms with Crippen molar-refractivity contribution in [2.45, 2.75) is 105 Å². The first-order valence-corrected chi connectivity index (χ1v) is 13.6. The van der Waals surface area contributed by atoms with Crippen molar-refractivity contribution in [3.05, 3.63) is 11.6 Å². The second-order valence-corrected chi connectivity index (χ2v) is 12.9. The van der Waals surface area contributed by atoms with Gasteiger partial charge >= 0.3 is 5.97 Å². The Morgan fingerprint density at radius 1 is 1.16 bits per heavy atom. The van der Waals surface area contributed by atoms with Gasteiger partial charge < -0.3 is 9.84 Å². The summed E-state index contributed by atoms with van der Waals surface area (Å²) < 4.78 is 5.38. The van der Waals surface area contributed by atoms with E-state index in [1.165, 1.54) is 37.7 Å². The molecule has 0 saturated heterocycles. The molecular weight excluding hydrogens is 396 g/mol. The van der Waals surface area contributed by atoms with Gasteiger partial charge in [0.1, 0.15) is 0 Å². The first-order valence-electron chi connectivity index (χ1n) is 13.6. The summed E-state index contributed by atoms with van der Waals surface area (Å²) in [7, 11) is 1.58. The predicted molar refractivity (Wildman–Crippen MR) is 130 cm³/mol. The Bertz CT molecular complexity index is 726. The van der Waals surface area contributed by atoms with E-state index in [4.69, 9.17) is 4.74 Å². The lowest BCUT2D eigenvalue weighted by molar-refractivity contribution is -0.148. The van der Waals surface area contributed by atoms with E-state index >= 15 is 0 Å². The SMILES string of the molecule is COC(=O)C1C[C@H]2[C@@H]3CC=C4C[C@@H](O)CC[C@]4(C)[C@H]3CC[C@]2(C)[C@H]1[C@H](C)CCCC(C)C. The molecular formula is C29H48O3. The van der Waals surface area contributed by atoms with E-state index in [9.17, 15) is 9.90 Å². The Morgan fingerprint density at radius 2 is 1.91 bits per heavy atom. The van der Waals surface area contributed by atoms with Crippen LogP contribution >= 0.6 is 0 Å². The van der Waals surface area contributed by atoms with Crippen LogP contribution in [0.25, 0.3) is 0 Å². The molecule has 182 valence electrons.